The molecule has 0 aliphatic carbocycles. The molecule has 0 bridgehead atoms. The summed E-state index contributed by atoms with van der Waals surface area (Å²) in [6.07, 6.45) is 1.91. The molecule has 1 fully saturated rings. The second-order valence-electron chi connectivity index (χ2n) is 11.5. The minimum absolute atomic E-state index is 0.0398. The van der Waals surface area contributed by atoms with Gasteiger partial charge in [0.2, 0.25) is 11.7 Å². The van der Waals surface area contributed by atoms with E-state index in [0.717, 1.165) is 17.5 Å². The third-order valence-electron chi connectivity index (χ3n) is 7.20. The number of amides is 1. The van der Waals surface area contributed by atoms with Gasteiger partial charge in [-0.1, -0.05) is 50.0 Å². The molecule has 3 rings (SSSR count). The number of likely N-dealkylation sites (tertiary alicyclic amines) is 1. The highest BCUT2D eigenvalue weighted by molar-refractivity contribution is 6.48. The Balaban J connectivity index is 1.98. The summed E-state index contributed by atoms with van der Waals surface area (Å²) in [6, 6.07) is 9.46. The normalized spacial score (nSPS) is 18.7. The van der Waals surface area contributed by atoms with Gasteiger partial charge in [0.1, 0.15) is 0 Å². The van der Waals surface area contributed by atoms with E-state index in [1.165, 1.54) is 0 Å². The van der Waals surface area contributed by atoms with Crippen LogP contribution in [0.25, 0.3) is 0 Å². The van der Waals surface area contributed by atoms with Gasteiger partial charge in [-0.15, -0.1) is 0 Å². The number of halogens is 2. The lowest BCUT2D eigenvalue weighted by atomic mass is 9.71. The standard InChI is InChI=1S/C29H41Cl2NO5Si/c1-28(2,3)25(37-38(7)8)17-29(16-19-9-10-21(30)22(31)13-19)11-12-32(27(29)33)18-20-14-23(34-4)26(36-6)24(15-20)35-5/h9-10,13-15,25,38H,11-12,16-18H2,1-8H3. The Morgan fingerprint density at radius 1 is 0.974 bits per heavy atom. The predicted molar refractivity (Wildman–Crippen MR) is 157 cm³/mol. The number of carbonyl (C=O) groups is 1. The average molecular weight is 583 g/mol. The number of hydrogen-bond donors (Lipinski definition) is 0. The molecule has 0 N–H and O–H groups in total. The average Bonchev–Trinajstić information content (AvgIpc) is 3.14. The van der Waals surface area contributed by atoms with Gasteiger partial charge in [-0.25, -0.2) is 0 Å². The van der Waals surface area contributed by atoms with Crippen LogP contribution in [-0.4, -0.2) is 53.8 Å². The maximum absolute atomic E-state index is 14.3. The second kappa shape index (κ2) is 12.5. The summed E-state index contributed by atoms with van der Waals surface area (Å²) in [5, 5.41) is 1.00. The van der Waals surface area contributed by atoms with Crippen LogP contribution in [0.5, 0.6) is 17.2 Å². The first kappa shape index (κ1) is 30.6. The molecule has 1 saturated heterocycles. The van der Waals surface area contributed by atoms with Crippen molar-refractivity contribution in [1.29, 1.82) is 0 Å². The lowest BCUT2D eigenvalue weighted by molar-refractivity contribution is -0.138. The third-order valence-corrected chi connectivity index (χ3v) is 8.82. The van der Waals surface area contributed by atoms with Crippen LogP contribution in [0.3, 0.4) is 0 Å². The van der Waals surface area contributed by atoms with Gasteiger partial charge >= 0.3 is 0 Å². The lowest BCUT2D eigenvalue weighted by Crippen LogP contribution is -2.43. The van der Waals surface area contributed by atoms with E-state index in [1.54, 1.807) is 27.4 Å². The summed E-state index contributed by atoms with van der Waals surface area (Å²) >= 11 is 12.6. The van der Waals surface area contributed by atoms with Crippen LogP contribution in [0.4, 0.5) is 0 Å². The van der Waals surface area contributed by atoms with E-state index in [1.807, 2.05) is 29.2 Å². The number of hydrogen-bond acceptors (Lipinski definition) is 5. The van der Waals surface area contributed by atoms with E-state index in [2.05, 4.69) is 33.9 Å². The van der Waals surface area contributed by atoms with Gasteiger partial charge in [0.25, 0.3) is 0 Å². The number of carbonyl (C=O) groups excluding carboxylic acids is 1. The fourth-order valence-electron chi connectivity index (χ4n) is 5.20. The summed E-state index contributed by atoms with van der Waals surface area (Å²) < 4.78 is 23.1. The second-order valence-corrected chi connectivity index (χ2v) is 14.6. The van der Waals surface area contributed by atoms with Gasteiger partial charge < -0.3 is 23.5 Å². The molecule has 1 heterocycles. The van der Waals surface area contributed by atoms with Crippen molar-refractivity contribution in [3.63, 3.8) is 0 Å². The minimum Gasteiger partial charge on any atom is -0.493 e. The summed E-state index contributed by atoms with van der Waals surface area (Å²) in [4.78, 5) is 16.2. The van der Waals surface area contributed by atoms with E-state index < -0.39 is 14.5 Å². The topological polar surface area (TPSA) is 57.2 Å². The van der Waals surface area contributed by atoms with Crippen LogP contribution in [0, 0.1) is 10.8 Å². The molecule has 0 spiro atoms. The molecule has 0 radical (unpaired) electrons. The Morgan fingerprint density at radius 2 is 1.61 bits per heavy atom. The Labute approximate surface area is 239 Å². The van der Waals surface area contributed by atoms with Gasteiger partial charge in [0, 0.05) is 13.1 Å². The molecule has 0 aromatic heterocycles. The lowest BCUT2D eigenvalue weighted by Gasteiger charge is -2.39. The van der Waals surface area contributed by atoms with Crippen LogP contribution in [0.2, 0.25) is 23.1 Å². The molecule has 1 aliphatic rings. The van der Waals surface area contributed by atoms with Gasteiger partial charge in [-0.3, -0.25) is 4.79 Å². The highest BCUT2D eigenvalue weighted by Crippen LogP contribution is 2.45. The number of ether oxygens (including phenoxy) is 3. The highest BCUT2D eigenvalue weighted by Gasteiger charge is 2.49. The highest BCUT2D eigenvalue weighted by atomic mass is 35.5. The number of nitrogens with zero attached hydrogens (tertiary/aromatic N) is 1. The molecule has 1 amide bonds. The molecular weight excluding hydrogens is 541 g/mol. The summed E-state index contributed by atoms with van der Waals surface area (Å²) in [6.45, 7) is 12.0. The molecule has 38 heavy (non-hydrogen) atoms. The Kier molecular flexibility index (Phi) is 10.1. The van der Waals surface area contributed by atoms with Crippen molar-refractivity contribution in [2.75, 3.05) is 27.9 Å². The summed E-state index contributed by atoms with van der Waals surface area (Å²) in [5.41, 5.74) is 1.19. The van der Waals surface area contributed by atoms with E-state index in [0.29, 0.717) is 53.2 Å². The van der Waals surface area contributed by atoms with Crippen LogP contribution < -0.4 is 14.2 Å². The Bertz CT molecular complexity index is 1110. The van der Waals surface area contributed by atoms with Crippen molar-refractivity contribution in [3.8, 4) is 17.2 Å². The largest absolute Gasteiger partial charge is 0.493 e. The SMILES string of the molecule is COc1cc(CN2CCC(Cc3ccc(Cl)c(Cl)c3)(CC(O[SiH](C)C)C(C)(C)C)C2=O)cc(OC)c1OC. The zero-order chi connectivity index (χ0) is 28.3. The minimum atomic E-state index is -1.34. The van der Waals surface area contributed by atoms with E-state index in [-0.39, 0.29) is 17.4 Å². The predicted octanol–water partition coefficient (Wildman–Crippen LogP) is 6.79. The van der Waals surface area contributed by atoms with E-state index in [9.17, 15) is 4.79 Å². The smallest absolute Gasteiger partial charge is 0.229 e. The molecule has 2 aromatic carbocycles. The monoisotopic (exact) mass is 581 g/mol. The van der Waals surface area contributed by atoms with Crippen LogP contribution >= 0.6 is 23.2 Å². The number of methoxy groups -OCH3 is 3. The van der Waals surface area contributed by atoms with Gasteiger partial charge in [0.15, 0.2) is 20.5 Å². The van der Waals surface area contributed by atoms with Gasteiger partial charge in [-0.05, 0) is 73.2 Å². The summed E-state index contributed by atoms with van der Waals surface area (Å²) in [5.74, 6) is 1.79. The number of rotatable bonds is 11. The molecular formula is C29H41Cl2NO5Si. The molecule has 9 heteroatoms. The van der Waals surface area contributed by atoms with Gasteiger partial charge in [-0.2, -0.15) is 0 Å². The van der Waals surface area contributed by atoms with Crippen LogP contribution in [0.1, 0.15) is 44.7 Å². The molecule has 6 nitrogen and oxygen atoms in total. The molecule has 2 atom stereocenters. The Morgan fingerprint density at radius 3 is 2.11 bits per heavy atom. The quantitative estimate of drug-likeness (QED) is 0.273. The maximum Gasteiger partial charge on any atom is 0.229 e. The Hall–Kier alpha value is -1.93. The third kappa shape index (κ3) is 6.98. The van der Waals surface area contributed by atoms with Crippen molar-refractivity contribution in [1.82, 2.24) is 4.90 Å². The fraction of sp³-hybridized carbons (Fsp3) is 0.552. The maximum atomic E-state index is 14.3. The molecule has 2 unspecified atom stereocenters. The number of benzene rings is 2. The zero-order valence-corrected chi connectivity index (χ0v) is 26.5. The van der Waals surface area contributed by atoms with Crippen molar-refractivity contribution >= 4 is 38.1 Å². The first-order valence-corrected chi connectivity index (χ1v) is 16.5. The molecule has 210 valence electrons. The van der Waals surface area contributed by atoms with E-state index >= 15 is 0 Å². The van der Waals surface area contributed by atoms with Crippen molar-refractivity contribution < 1.29 is 23.4 Å². The molecule has 2 aromatic rings. The molecule has 1 aliphatic heterocycles. The van der Waals surface area contributed by atoms with E-state index in [4.69, 9.17) is 41.8 Å². The first-order chi connectivity index (χ1) is 17.8. The summed E-state index contributed by atoms with van der Waals surface area (Å²) in [7, 11) is 3.42. The molecule has 0 saturated carbocycles. The van der Waals surface area contributed by atoms with Crippen molar-refractivity contribution in [2.45, 2.75) is 65.8 Å². The van der Waals surface area contributed by atoms with Crippen LogP contribution in [0.15, 0.2) is 30.3 Å². The fourth-order valence-corrected chi connectivity index (χ4v) is 6.68. The van der Waals surface area contributed by atoms with Crippen molar-refractivity contribution in [3.05, 3.63) is 51.5 Å². The van der Waals surface area contributed by atoms with Gasteiger partial charge in [0.05, 0.1) is 42.9 Å². The first-order valence-electron chi connectivity index (χ1n) is 13.0. The van der Waals surface area contributed by atoms with Crippen LogP contribution in [-0.2, 0) is 22.2 Å². The zero-order valence-electron chi connectivity index (χ0n) is 23.8. The van der Waals surface area contributed by atoms with Crippen molar-refractivity contribution in [2.24, 2.45) is 10.8 Å².